The summed E-state index contributed by atoms with van der Waals surface area (Å²) >= 11 is 5.26. The molecule has 76 valence electrons. The molecule has 0 aliphatic carbocycles. The van der Waals surface area contributed by atoms with E-state index in [4.69, 9.17) is 11.6 Å². The summed E-state index contributed by atoms with van der Waals surface area (Å²) in [5.74, 6) is 0.355. The molecule has 1 heterocycles. The molecule has 0 radical (unpaired) electrons. The van der Waals surface area contributed by atoms with Crippen LogP contribution >= 0.6 is 11.6 Å². The number of hydrogen-bond donors (Lipinski definition) is 0. The molecule has 14 heavy (non-hydrogen) atoms. The van der Waals surface area contributed by atoms with Gasteiger partial charge in [0.1, 0.15) is 0 Å². The van der Waals surface area contributed by atoms with Crippen LogP contribution < -0.4 is 5.56 Å². The summed E-state index contributed by atoms with van der Waals surface area (Å²) in [4.78, 5) is 22.5. The van der Waals surface area contributed by atoms with Gasteiger partial charge in [-0.25, -0.2) is 0 Å². The molecule has 0 N–H and O–H groups in total. The number of hydrogen-bond acceptors (Lipinski definition) is 2. The Morgan fingerprint density at radius 2 is 2.21 bits per heavy atom. The Morgan fingerprint density at radius 3 is 2.71 bits per heavy atom. The predicted molar refractivity (Wildman–Crippen MR) is 55.7 cm³/mol. The van der Waals surface area contributed by atoms with Crippen molar-refractivity contribution in [1.29, 1.82) is 0 Å². The SMILES string of the molecule is CC(C)Cn1cccc(C(=O)Cl)c1=O. The minimum Gasteiger partial charge on any atom is -0.315 e. The van der Waals surface area contributed by atoms with E-state index in [0.717, 1.165) is 0 Å². The second-order valence-electron chi connectivity index (χ2n) is 3.55. The lowest BCUT2D eigenvalue weighted by molar-refractivity contribution is 0.107. The van der Waals surface area contributed by atoms with Gasteiger partial charge in [0.05, 0.1) is 5.56 Å². The van der Waals surface area contributed by atoms with Gasteiger partial charge in [0.25, 0.3) is 10.8 Å². The maximum atomic E-state index is 11.6. The zero-order valence-electron chi connectivity index (χ0n) is 8.16. The monoisotopic (exact) mass is 213 g/mol. The Hall–Kier alpha value is -1.09. The molecule has 0 atom stereocenters. The van der Waals surface area contributed by atoms with Crippen LogP contribution in [0.5, 0.6) is 0 Å². The molecule has 3 nitrogen and oxygen atoms in total. The van der Waals surface area contributed by atoms with Crippen molar-refractivity contribution in [1.82, 2.24) is 4.57 Å². The van der Waals surface area contributed by atoms with Crippen LogP contribution in [0.1, 0.15) is 24.2 Å². The molecule has 0 aliphatic heterocycles. The van der Waals surface area contributed by atoms with Gasteiger partial charge in [-0.05, 0) is 29.7 Å². The van der Waals surface area contributed by atoms with E-state index in [-0.39, 0.29) is 11.1 Å². The van der Waals surface area contributed by atoms with E-state index in [1.54, 1.807) is 12.3 Å². The largest absolute Gasteiger partial charge is 0.315 e. The van der Waals surface area contributed by atoms with E-state index < -0.39 is 5.24 Å². The quantitative estimate of drug-likeness (QED) is 0.720. The van der Waals surface area contributed by atoms with Gasteiger partial charge in [0.15, 0.2) is 0 Å². The molecule has 0 aliphatic rings. The summed E-state index contributed by atoms with van der Waals surface area (Å²) in [7, 11) is 0. The fraction of sp³-hybridized carbons (Fsp3) is 0.400. The van der Waals surface area contributed by atoms with Crippen molar-refractivity contribution in [2.24, 2.45) is 5.92 Å². The molecular weight excluding hydrogens is 202 g/mol. The fourth-order valence-electron chi connectivity index (χ4n) is 1.22. The molecule has 0 fully saturated rings. The van der Waals surface area contributed by atoms with Crippen LogP contribution in [-0.4, -0.2) is 9.81 Å². The number of rotatable bonds is 3. The summed E-state index contributed by atoms with van der Waals surface area (Å²) in [6.07, 6.45) is 1.66. The van der Waals surface area contributed by atoms with Crippen LogP contribution in [0.4, 0.5) is 0 Å². The van der Waals surface area contributed by atoms with Crippen LogP contribution in [0.2, 0.25) is 0 Å². The third-order valence-corrected chi connectivity index (χ3v) is 2.00. The molecule has 0 spiro atoms. The lowest BCUT2D eigenvalue weighted by Gasteiger charge is -2.08. The number of nitrogens with zero attached hydrogens (tertiary/aromatic N) is 1. The minimum atomic E-state index is -0.701. The van der Waals surface area contributed by atoms with Gasteiger partial charge < -0.3 is 4.57 Å². The highest BCUT2D eigenvalue weighted by molar-refractivity contribution is 6.67. The van der Waals surface area contributed by atoms with E-state index in [1.165, 1.54) is 10.6 Å². The van der Waals surface area contributed by atoms with Crippen molar-refractivity contribution in [3.63, 3.8) is 0 Å². The first kappa shape index (κ1) is 11.0. The first-order valence-corrected chi connectivity index (χ1v) is 4.79. The summed E-state index contributed by atoms with van der Waals surface area (Å²) in [6.45, 7) is 4.60. The molecule has 0 saturated heterocycles. The highest BCUT2D eigenvalue weighted by atomic mass is 35.5. The van der Waals surface area contributed by atoms with E-state index in [1.807, 2.05) is 13.8 Å². The molecular formula is C10H12ClNO2. The third-order valence-electron chi connectivity index (χ3n) is 1.79. The maximum absolute atomic E-state index is 11.6. The molecule has 0 bridgehead atoms. The molecule has 1 rings (SSSR count). The Balaban J connectivity index is 3.15. The summed E-state index contributed by atoms with van der Waals surface area (Å²) in [6, 6.07) is 3.09. The van der Waals surface area contributed by atoms with Gasteiger partial charge in [-0.1, -0.05) is 13.8 Å². The zero-order chi connectivity index (χ0) is 10.7. The standard InChI is InChI=1S/C10H12ClNO2/c1-7(2)6-12-5-3-4-8(9(11)13)10(12)14/h3-5,7H,6H2,1-2H3. The van der Waals surface area contributed by atoms with Gasteiger partial charge in [0, 0.05) is 12.7 Å². The second kappa shape index (κ2) is 4.42. The lowest BCUT2D eigenvalue weighted by atomic mass is 10.2. The van der Waals surface area contributed by atoms with Crippen LogP contribution in [0.3, 0.4) is 0 Å². The molecule has 0 saturated carbocycles. The molecule has 0 amide bonds. The normalized spacial score (nSPS) is 10.6. The summed E-state index contributed by atoms with van der Waals surface area (Å²) in [5, 5.41) is -0.701. The zero-order valence-corrected chi connectivity index (χ0v) is 8.91. The van der Waals surface area contributed by atoms with E-state index >= 15 is 0 Å². The van der Waals surface area contributed by atoms with Crippen LogP contribution in [-0.2, 0) is 6.54 Å². The third kappa shape index (κ3) is 2.45. The van der Waals surface area contributed by atoms with Gasteiger partial charge in [0.2, 0.25) is 0 Å². The topological polar surface area (TPSA) is 39.1 Å². The van der Waals surface area contributed by atoms with Gasteiger partial charge >= 0.3 is 0 Å². The Bertz CT molecular complexity index is 395. The summed E-state index contributed by atoms with van der Waals surface area (Å²) in [5.41, 5.74) is -0.281. The molecule has 1 aromatic rings. The smallest absolute Gasteiger partial charge is 0.262 e. The highest BCUT2D eigenvalue weighted by Gasteiger charge is 2.09. The molecule has 0 unspecified atom stereocenters. The maximum Gasteiger partial charge on any atom is 0.262 e. The predicted octanol–water partition coefficient (Wildman–Crippen LogP) is 1.88. The number of aromatic nitrogens is 1. The van der Waals surface area contributed by atoms with Crippen LogP contribution in [0, 0.1) is 5.92 Å². The van der Waals surface area contributed by atoms with E-state index in [9.17, 15) is 9.59 Å². The molecule has 4 heteroatoms. The number of carbonyl (C=O) groups excluding carboxylic acids is 1. The molecule has 0 aromatic carbocycles. The van der Waals surface area contributed by atoms with Gasteiger partial charge in [-0.15, -0.1) is 0 Å². The van der Waals surface area contributed by atoms with Crippen molar-refractivity contribution < 1.29 is 4.79 Å². The average molecular weight is 214 g/mol. The highest BCUT2D eigenvalue weighted by Crippen LogP contribution is 2.00. The Morgan fingerprint density at radius 1 is 1.57 bits per heavy atom. The molecule has 1 aromatic heterocycles. The minimum absolute atomic E-state index is 0.0369. The van der Waals surface area contributed by atoms with Crippen molar-refractivity contribution in [2.75, 3.05) is 0 Å². The Kier molecular flexibility index (Phi) is 3.47. The Labute approximate surface area is 87.3 Å². The number of pyridine rings is 1. The van der Waals surface area contributed by atoms with E-state index in [2.05, 4.69) is 0 Å². The lowest BCUT2D eigenvalue weighted by Crippen LogP contribution is -2.25. The van der Waals surface area contributed by atoms with E-state index in [0.29, 0.717) is 12.5 Å². The fourth-order valence-corrected chi connectivity index (χ4v) is 1.37. The van der Waals surface area contributed by atoms with Crippen LogP contribution in [0.15, 0.2) is 23.1 Å². The van der Waals surface area contributed by atoms with Crippen molar-refractivity contribution >= 4 is 16.8 Å². The van der Waals surface area contributed by atoms with Crippen molar-refractivity contribution in [3.05, 3.63) is 34.2 Å². The van der Waals surface area contributed by atoms with Gasteiger partial charge in [-0.3, -0.25) is 9.59 Å². The second-order valence-corrected chi connectivity index (χ2v) is 3.89. The first-order chi connectivity index (χ1) is 6.52. The summed E-state index contributed by atoms with van der Waals surface area (Å²) < 4.78 is 1.50. The van der Waals surface area contributed by atoms with Crippen molar-refractivity contribution in [2.45, 2.75) is 20.4 Å². The van der Waals surface area contributed by atoms with Crippen molar-refractivity contribution in [3.8, 4) is 0 Å². The first-order valence-electron chi connectivity index (χ1n) is 4.41. The van der Waals surface area contributed by atoms with Gasteiger partial charge in [-0.2, -0.15) is 0 Å². The number of carbonyl (C=O) groups is 1. The average Bonchev–Trinajstić information content (AvgIpc) is 2.07. The number of halogens is 1. The van der Waals surface area contributed by atoms with Crippen LogP contribution in [0.25, 0.3) is 0 Å².